The van der Waals surface area contributed by atoms with E-state index >= 15 is 0 Å². The first-order valence-corrected chi connectivity index (χ1v) is 6.58. The van der Waals surface area contributed by atoms with Crippen LogP contribution in [0.5, 0.6) is 0 Å². The minimum absolute atomic E-state index is 0.0160. The molecule has 0 spiro atoms. The van der Waals surface area contributed by atoms with Crippen molar-refractivity contribution in [3.63, 3.8) is 0 Å². The molecule has 1 saturated carbocycles. The summed E-state index contributed by atoms with van der Waals surface area (Å²) in [7, 11) is 0. The van der Waals surface area contributed by atoms with E-state index in [4.69, 9.17) is 0 Å². The molecule has 1 N–H and O–H groups in total. The molecule has 0 saturated heterocycles. The zero-order valence-electron chi connectivity index (χ0n) is 10.2. The fourth-order valence-corrected chi connectivity index (χ4v) is 2.33. The van der Waals surface area contributed by atoms with Gasteiger partial charge in [-0.3, -0.25) is 4.79 Å². The molecule has 0 aromatic heterocycles. The van der Waals surface area contributed by atoms with E-state index < -0.39 is 0 Å². The number of allylic oxidation sites excluding steroid dienone is 1. The van der Waals surface area contributed by atoms with Crippen molar-refractivity contribution in [2.75, 3.05) is 6.61 Å². The number of hydrogen-bond donors (Lipinski definition) is 1. The minimum atomic E-state index is -0.188. The van der Waals surface area contributed by atoms with E-state index in [-0.39, 0.29) is 18.3 Å². The van der Waals surface area contributed by atoms with Crippen molar-refractivity contribution >= 4 is 5.78 Å². The van der Waals surface area contributed by atoms with Gasteiger partial charge in [0, 0.05) is 5.92 Å². The molecule has 0 heterocycles. The van der Waals surface area contributed by atoms with Crippen molar-refractivity contribution in [2.45, 2.75) is 57.8 Å². The van der Waals surface area contributed by atoms with Crippen LogP contribution in [-0.2, 0) is 4.79 Å². The van der Waals surface area contributed by atoms with Crippen molar-refractivity contribution in [1.29, 1.82) is 0 Å². The van der Waals surface area contributed by atoms with Gasteiger partial charge in [-0.05, 0) is 24.8 Å². The second-order valence-corrected chi connectivity index (χ2v) is 4.86. The molecule has 1 unspecified atom stereocenters. The summed E-state index contributed by atoms with van der Waals surface area (Å²) in [4.78, 5) is 11.9. The maximum Gasteiger partial charge on any atom is 0.163 e. The highest BCUT2D eigenvalue weighted by atomic mass is 16.3. The first-order valence-electron chi connectivity index (χ1n) is 6.58. The standard InChI is InChI=1S/C14H24O2/c1-12-9-7-5-3-2-4-6-8-10-13(11-15)14(12)16/h13,15H,1-11H2. The van der Waals surface area contributed by atoms with E-state index in [2.05, 4.69) is 6.58 Å². The average Bonchev–Trinajstić information content (AvgIpc) is 2.29. The number of hydrogen-bond acceptors (Lipinski definition) is 2. The summed E-state index contributed by atoms with van der Waals surface area (Å²) in [5, 5.41) is 9.22. The number of aliphatic hydroxyl groups is 1. The molecule has 0 radical (unpaired) electrons. The molecular weight excluding hydrogens is 200 g/mol. The van der Waals surface area contributed by atoms with Crippen LogP contribution in [0.2, 0.25) is 0 Å². The molecule has 1 fully saturated rings. The summed E-state index contributed by atoms with van der Waals surface area (Å²) in [6.45, 7) is 3.84. The maximum absolute atomic E-state index is 11.9. The highest BCUT2D eigenvalue weighted by Gasteiger charge is 2.19. The first-order chi connectivity index (χ1) is 7.75. The van der Waals surface area contributed by atoms with Crippen molar-refractivity contribution in [3.8, 4) is 0 Å². The zero-order valence-corrected chi connectivity index (χ0v) is 10.2. The lowest BCUT2D eigenvalue weighted by atomic mass is 9.90. The van der Waals surface area contributed by atoms with Gasteiger partial charge in [-0.15, -0.1) is 0 Å². The minimum Gasteiger partial charge on any atom is -0.396 e. The number of carbonyl (C=O) groups is 1. The van der Waals surface area contributed by atoms with Crippen molar-refractivity contribution in [1.82, 2.24) is 0 Å². The van der Waals surface area contributed by atoms with Crippen LogP contribution in [0, 0.1) is 5.92 Å². The molecule has 2 nitrogen and oxygen atoms in total. The second kappa shape index (κ2) is 7.61. The first kappa shape index (κ1) is 13.4. The van der Waals surface area contributed by atoms with E-state index in [0.29, 0.717) is 0 Å². The quantitative estimate of drug-likeness (QED) is 0.694. The van der Waals surface area contributed by atoms with E-state index in [0.717, 1.165) is 31.3 Å². The number of carbonyl (C=O) groups excluding carboxylic acids is 1. The van der Waals surface area contributed by atoms with E-state index in [1.54, 1.807) is 0 Å². The van der Waals surface area contributed by atoms with E-state index in [1.807, 2.05) is 0 Å². The van der Waals surface area contributed by atoms with Gasteiger partial charge in [-0.1, -0.05) is 45.1 Å². The third kappa shape index (κ3) is 4.48. The Morgan fingerprint density at radius 2 is 1.62 bits per heavy atom. The molecule has 92 valence electrons. The predicted octanol–water partition coefficient (Wildman–Crippen LogP) is 3.24. The molecule has 1 rings (SSSR count). The Labute approximate surface area is 98.7 Å². The molecular formula is C14H24O2. The Balaban J connectivity index is 2.51. The zero-order chi connectivity index (χ0) is 11.8. The Bertz CT molecular complexity index is 233. The number of Topliss-reactive ketones (excluding diaryl/α,β-unsaturated/α-hetero) is 1. The summed E-state index contributed by atoms with van der Waals surface area (Å²) >= 11 is 0. The van der Waals surface area contributed by atoms with Gasteiger partial charge < -0.3 is 5.11 Å². The van der Waals surface area contributed by atoms with Crippen LogP contribution in [0.3, 0.4) is 0 Å². The molecule has 0 aliphatic heterocycles. The van der Waals surface area contributed by atoms with E-state index in [1.165, 1.54) is 32.1 Å². The van der Waals surface area contributed by atoms with Crippen LogP contribution in [-0.4, -0.2) is 17.5 Å². The molecule has 2 heteroatoms. The van der Waals surface area contributed by atoms with Crippen molar-refractivity contribution in [3.05, 3.63) is 12.2 Å². The Kier molecular flexibility index (Phi) is 6.39. The Morgan fingerprint density at radius 1 is 1.06 bits per heavy atom. The van der Waals surface area contributed by atoms with Crippen molar-refractivity contribution in [2.24, 2.45) is 5.92 Å². The van der Waals surface area contributed by atoms with Gasteiger partial charge in [0.2, 0.25) is 0 Å². The lowest BCUT2D eigenvalue weighted by Gasteiger charge is -2.15. The third-order valence-electron chi connectivity index (χ3n) is 3.47. The van der Waals surface area contributed by atoms with Gasteiger partial charge in [-0.2, -0.15) is 0 Å². The lowest BCUT2D eigenvalue weighted by molar-refractivity contribution is -0.120. The monoisotopic (exact) mass is 224 g/mol. The van der Waals surface area contributed by atoms with Gasteiger partial charge >= 0.3 is 0 Å². The summed E-state index contributed by atoms with van der Waals surface area (Å²) in [6, 6.07) is 0. The fraction of sp³-hybridized carbons (Fsp3) is 0.786. The topological polar surface area (TPSA) is 37.3 Å². The van der Waals surface area contributed by atoms with Gasteiger partial charge in [0.25, 0.3) is 0 Å². The molecule has 1 aliphatic carbocycles. The number of ketones is 1. The molecule has 16 heavy (non-hydrogen) atoms. The van der Waals surface area contributed by atoms with Crippen LogP contribution in [0.4, 0.5) is 0 Å². The number of rotatable bonds is 1. The molecule has 0 amide bonds. The van der Waals surface area contributed by atoms with Crippen LogP contribution in [0.25, 0.3) is 0 Å². The summed E-state index contributed by atoms with van der Waals surface area (Å²) in [6.07, 6.45) is 10.0. The lowest BCUT2D eigenvalue weighted by Crippen LogP contribution is -2.20. The number of aliphatic hydroxyl groups excluding tert-OH is 1. The highest BCUT2D eigenvalue weighted by Crippen LogP contribution is 2.20. The summed E-state index contributed by atoms with van der Waals surface area (Å²) in [5.41, 5.74) is 0.722. The van der Waals surface area contributed by atoms with Crippen molar-refractivity contribution < 1.29 is 9.90 Å². The highest BCUT2D eigenvalue weighted by molar-refractivity contribution is 5.96. The van der Waals surface area contributed by atoms with Crippen LogP contribution >= 0.6 is 0 Å². The summed E-state index contributed by atoms with van der Waals surface area (Å²) in [5.74, 6) is -0.0880. The van der Waals surface area contributed by atoms with Crippen LogP contribution in [0.15, 0.2) is 12.2 Å². The van der Waals surface area contributed by atoms with Gasteiger partial charge in [0.15, 0.2) is 5.78 Å². The average molecular weight is 224 g/mol. The maximum atomic E-state index is 11.9. The van der Waals surface area contributed by atoms with Gasteiger partial charge in [-0.25, -0.2) is 0 Å². The molecule has 0 aromatic carbocycles. The van der Waals surface area contributed by atoms with Crippen LogP contribution < -0.4 is 0 Å². The SMILES string of the molecule is C=C1CCCCCCCCCC(CO)C1=O. The van der Waals surface area contributed by atoms with Crippen LogP contribution in [0.1, 0.15) is 57.8 Å². The normalized spacial score (nSPS) is 25.9. The van der Waals surface area contributed by atoms with E-state index in [9.17, 15) is 9.90 Å². The fourth-order valence-electron chi connectivity index (χ4n) is 2.33. The molecule has 1 aliphatic rings. The largest absolute Gasteiger partial charge is 0.396 e. The molecule has 1 atom stereocenters. The second-order valence-electron chi connectivity index (χ2n) is 4.86. The third-order valence-corrected chi connectivity index (χ3v) is 3.47. The molecule has 0 bridgehead atoms. The Hall–Kier alpha value is -0.630. The van der Waals surface area contributed by atoms with Gasteiger partial charge in [0.05, 0.1) is 6.61 Å². The Morgan fingerprint density at radius 3 is 2.25 bits per heavy atom. The molecule has 0 aromatic rings. The smallest absolute Gasteiger partial charge is 0.163 e. The van der Waals surface area contributed by atoms with Gasteiger partial charge in [0.1, 0.15) is 0 Å². The predicted molar refractivity (Wildman–Crippen MR) is 66.3 cm³/mol. The summed E-state index contributed by atoms with van der Waals surface area (Å²) < 4.78 is 0.